The maximum atomic E-state index is 13.3. The van der Waals surface area contributed by atoms with E-state index in [-0.39, 0.29) is 5.41 Å². The lowest BCUT2D eigenvalue weighted by molar-refractivity contribution is -0.139. The molecule has 3 fully saturated rings. The second-order valence-corrected chi connectivity index (χ2v) is 7.53. The first kappa shape index (κ1) is 16.4. The number of anilines is 1. The highest BCUT2D eigenvalue weighted by Gasteiger charge is 2.50. The van der Waals surface area contributed by atoms with Crippen molar-refractivity contribution in [2.24, 2.45) is 5.41 Å². The van der Waals surface area contributed by atoms with Gasteiger partial charge in [-0.2, -0.15) is 5.26 Å². The molecule has 132 valence electrons. The summed E-state index contributed by atoms with van der Waals surface area (Å²) in [7, 11) is 0. The standard InChI is InChI=1S/C20H25N3O2/c21-14-16-4-1-2-5-18(16)22-10-3-8-20(15-22)9-11-23(19(20)24)17-6-12-25-13-7-17/h1-2,4-5,17H,3,6-13,15H2/t20-/m0/s1. The number of nitrogens with zero attached hydrogens (tertiary/aromatic N) is 3. The van der Waals surface area contributed by atoms with Crippen molar-refractivity contribution in [3.63, 3.8) is 0 Å². The molecule has 0 N–H and O–H groups in total. The second kappa shape index (κ2) is 6.68. The molecule has 3 heterocycles. The lowest BCUT2D eigenvalue weighted by atomic mass is 9.78. The first-order valence-electron chi connectivity index (χ1n) is 9.36. The summed E-state index contributed by atoms with van der Waals surface area (Å²) in [6, 6.07) is 10.4. The minimum atomic E-state index is -0.265. The second-order valence-electron chi connectivity index (χ2n) is 7.53. The fourth-order valence-corrected chi connectivity index (χ4v) is 4.75. The van der Waals surface area contributed by atoms with Gasteiger partial charge in [0.2, 0.25) is 5.91 Å². The molecule has 3 aliphatic rings. The minimum Gasteiger partial charge on any atom is -0.381 e. The molecule has 1 amide bonds. The predicted molar refractivity (Wildman–Crippen MR) is 95.2 cm³/mol. The van der Waals surface area contributed by atoms with Crippen LogP contribution in [0.1, 0.15) is 37.7 Å². The van der Waals surface area contributed by atoms with Crippen molar-refractivity contribution in [3.05, 3.63) is 29.8 Å². The van der Waals surface area contributed by atoms with Crippen LogP contribution in [0.2, 0.25) is 0 Å². The van der Waals surface area contributed by atoms with Crippen LogP contribution >= 0.6 is 0 Å². The minimum absolute atomic E-state index is 0.265. The van der Waals surface area contributed by atoms with Gasteiger partial charge in [-0.1, -0.05) is 12.1 Å². The molecule has 1 atom stereocenters. The molecule has 3 saturated heterocycles. The molecule has 25 heavy (non-hydrogen) atoms. The molecule has 0 saturated carbocycles. The third-order valence-corrected chi connectivity index (χ3v) is 6.12. The van der Waals surface area contributed by atoms with E-state index in [1.165, 1.54) is 0 Å². The van der Waals surface area contributed by atoms with Crippen LogP contribution in [-0.2, 0) is 9.53 Å². The van der Waals surface area contributed by atoms with Gasteiger partial charge in [0.25, 0.3) is 0 Å². The molecule has 0 radical (unpaired) electrons. The third kappa shape index (κ3) is 2.89. The number of piperidine rings is 1. The number of carbonyl (C=O) groups is 1. The first-order chi connectivity index (χ1) is 12.2. The zero-order valence-electron chi connectivity index (χ0n) is 14.6. The Morgan fingerprint density at radius 1 is 1.16 bits per heavy atom. The Kier molecular flexibility index (Phi) is 4.39. The number of hydrogen-bond donors (Lipinski definition) is 0. The van der Waals surface area contributed by atoms with E-state index < -0.39 is 0 Å². The van der Waals surface area contributed by atoms with Crippen LogP contribution in [-0.4, -0.2) is 49.7 Å². The lowest BCUT2D eigenvalue weighted by Crippen LogP contribution is -2.50. The Labute approximate surface area is 149 Å². The van der Waals surface area contributed by atoms with Crippen molar-refractivity contribution in [2.45, 2.75) is 38.1 Å². The van der Waals surface area contributed by atoms with Gasteiger partial charge >= 0.3 is 0 Å². The molecule has 1 aromatic rings. The summed E-state index contributed by atoms with van der Waals surface area (Å²) in [5, 5.41) is 9.41. The lowest BCUT2D eigenvalue weighted by Gasteiger charge is -2.41. The van der Waals surface area contributed by atoms with Gasteiger partial charge in [-0.15, -0.1) is 0 Å². The molecule has 3 aliphatic heterocycles. The normalized spacial score (nSPS) is 27.7. The number of para-hydroxylation sites is 1. The van der Waals surface area contributed by atoms with Gasteiger partial charge in [0.1, 0.15) is 6.07 Å². The summed E-state index contributed by atoms with van der Waals surface area (Å²) in [5.41, 5.74) is 1.41. The molecule has 0 bridgehead atoms. The molecule has 0 aromatic heterocycles. The van der Waals surface area contributed by atoms with Crippen molar-refractivity contribution in [2.75, 3.05) is 37.7 Å². The van der Waals surface area contributed by atoms with E-state index in [1.54, 1.807) is 0 Å². The number of benzene rings is 1. The van der Waals surface area contributed by atoms with Gasteiger partial charge < -0.3 is 14.5 Å². The van der Waals surface area contributed by atoms with E-state index in [9.17, 15) is 10.1 Å². The van der Waals surface area contributed by atoms with Crippen molar-refractivity contribution in [1.29, 1.82) is 5.26 Å². The number of nitriles is 1. The third-order valence-electron chi connectivity index (χ3n) is 6.12. The number of rotatable bonds is 2. The quantitative estimate of drug-likeness (QED) is 0.831. The van der Waals surface area contributed by atoms with Crippen LogP contribution in [0.25, 0.3) is 0 Å². The Bertz CT molecular complexity index is 692. The van der Waals surface area contributed by atoms with Crippen LogP contribution in [0, 0.1) is 16.7 Å². The van der Waals surface area contributed by atoms with Gasteiger partial charge in [0.05, 0.1) is 16.7 Å². The Hall–Kier alpha value is -2.06. The molecule has 1 spiro atoms. The molecular weight excluding hydrogens is 314 g/mol. The zero-order chi connectivity index (χ0) is 17.3. The topological polar surface area (TPSA) is 56.6 Å². The van der Waals surface area contributed by atoms with Crippen LogP contribution in [0.5, 0.6) is 0 Å². The van der Waals surface area contributed by atoms with E-state index in [0.29, 0.717) is 17.5 Å². The highest BCUT2D eigenvalue weighted by atomic mass is 16.5. The van der Waals surface area contributed by atoms with Crippen molar-refractivity contribution >= 4 is 11.6 Å². The van der Waals surface area contributed by atoms with E-state index in [4.69, 9.17) is 4.74 Å². The summed E-state index contributed by atoms with van der Waals surface area (Å²) in [5.74, 6) is 0.332. The van der Waals surface area contributed by atoms with Crippen molar-refractivity contribution in [1.82, 2.24) is 4.90 Å². The molecule has 0 aliphatic carbocycles. The smallest absolute Gasteiger partial charge is 0.230 e. The number of amides is 1. The zero-order valence-corrected chi connectivity index (χ0v) is 14.6. The molecule has 4 rings (SSSR count). The van der Waals surface area contributed by atoms with Crippen LogP contribution in [0.4, 0.5) is 5.69 Å². The van der Waals surface area contributed by atoms with Crippen LogP contribution < -0.4 is 4.90 Å². The largest absolute Gasteiger partial charge is 0.381 e. The maximum absolute atomic E-state index is 13.3. The average molecular weight is 339 g/mol. The summed E-state index contributed by atoms with van der Waals surface area (Å²) in [6.07, 6.45) is 4.84. The fourth-order valence-electron chi connectivity index (χ4n) is 4.75. The maximum Gasteiger partial charge on any atom is 0.230 e. The molecule has 5 nitrogen and oxygen atoms in total. The van der Waals surface area contributed by atoms with Crippen LogP contribution in [0.15, 0.2) is 24.3 Å². The Balaban J connectivity index is 1.54. The van der Waals surface area contributed by atoms with Crippen molar-refractivity contribution in [3.8, 4) is 6.07 Å². The van der Waals surface area contributed by atoms with E-state index in [1.807, 2.05) is 24.3 Å². The summed E-state index contributed by atoms with van der Waals surface area (Å²) < 4.78 is 5.46. The molecule has 5 heteroatoms. The highest BCUT2D eigenvalue weighted by molar-refractivity contribution is 5.86. The molecular formula is C20H25N3O2. The highest BCUT2D eigenvalue weighted by Crippen LogP contribution is 2.43. The van der Waals surface area contributed by atoms with Gasteiger partial charge in [-0.25, -0.2) is 0 Å². The number of carbonyl (C=O) groups excluding carboxylic acids is 1. The number of ether oxygens (including phenoxy) is 1. The van der Waals surface area contributed by atoms with Crippen molar-refractivity contribution < 1.29 is 9.53 Å². The fraction of sp³-hybridized carbons (Fsp3) is 0.600. The van der Waals surface area contributed by atoms with E-state index >= 15 is 0 Å². The SMILES string of the molecule is N#Cc1ccccc1N1CCC[C@]2(CCN(C3CCOCC3)C2=O)C1. The van der Waals surface area contributed by atoms with Crippen LogP contribution in [0.3, 0.4) is 0 Å². The average Bonchev–Trinajstić information content (AvgIpc) is 2.98. The summed E-state index contributed by atoms with van der Waals surface area (Å²) >= 11 is 0. The van der Waals surface area contributed by atoms with Gasteiger partial charge in [0, 0.05) is 38.9 Å². The molecule has 0 unspecified atom stereocenters. The van der Waals surface area contributed by atoms with Gasteiger partial charge in [-0.05, 0) is 44.2 Å². The Morgan fingerprint density at radius 2 is 1.96 bits per heavy atom. The first-order valence-corrected chi connectivity index (χ1v) is 9.36. The number of hydrogen-bond acceptors (Lipinski definition) is 4. The van der Waals surface area contributed by atoms with E-state index in [2.05, 4.69) is 15.9 Å². The Morgan fingerprint density at radius 3 is 2.76 bits per heavy atom. The monoisotopic (exact) mass is 339 g/mol. The molecule has 1 aromatic carbocycles. The van der Waals surface area contributed by atoms with Gasteiger partial charge in [-0.3, -0.25) is 4.79 Å². The predicted octanol–water partition coefficient (Wildman–Crippen LogP) is 2.56. The number of likely N-dealkylation sites (tertiary alicyclic amines) is 1. The van der Waals surface area contributed by atoms with Gasteiger partial charge in [0.15, 0.2) is 0 Å². The summed E-state index contributed by atoms with van der Waals surface area (Å²) in [4.78, 5) is 17.7. The van der Waals surface area contributed by atoms with E-state index in [0.717, 1.165) is 70.6 Å². The summed E-state index contributed by atoms with van der Waals surface area (Å²) in [6.45, 7) is 4.07.